The number of hydrogen-bond donors (Lipinski definition) is 3. The van der Waals surface area contributed by atoms with Gasteiger partial charge < -0.3 is 16.0 Å². The Hall–Kier alpha value is -2.28. The average molecular weight is 370 g/mol. The van der Waals surface area contributed by atoms with Crippen molar-refractivity contribution >= 4 is 40.3 Å². The quantitative estimate of drug-likeness (QED) is 0.539. The Bertz CT molecular complexity index is 828. The summed E-state index contributed by atoms with van der Waals surface area (Å²) in [7, 11) is 0. The van der Waals surface area contributed by atoms with Crippen molar-refractivity contribution in [1.29, 1.82) is 0 Å². The predicted molar refractivity (Wildman–Crippen MR) is 104 cm³/mol. The van der Waals surface area contributed by atoms with Crippen LogP contribution in [0.3, 0.4) is 0 Å². The van der Waals surface area contributed by atoms with Crippen LogP contribution in [0.4, 0.5) is 10.5 Å². The lowest BCUT2D eigenvalue weighted by Crippen LogP contribution is -2.36. The highest BCUT2D eigenvalue weighted by atomic mass is 32.2. The van der Waals surface area contributed by atoms with E-state index < -0.39 is 0 Å². The number of pyridine rings is 1. The zero-order valence-corrected chi connectivity index (χ0v) is 15.2. The molecule has 0 bridgehead atoms. The Morgan fingerprint density at radius 1 is 1.27 bits per heavy atom. The molecule has 26 heavy (non-hydrogen) atoms. The molecule has 2 fully saturated rings. The standard InChI is InChI=1S/C19H22N4O2S/c24-17(21-13-7-8-14-12(10-13)4-3-9-20-14)6-2-1-5-16-18-15(11-26-16)22-19(25)23-18/h3-4,7-10,15-16,18H,1-2,5-6,11H2,(H,21,24)(H2,22,23,25). The van der Waals surface area contributed by atoms with E-state index in [0.717, 1.165) is 41.6 Å². The van der Waals surface area contributed by atoms with Crippen LogP contribution in [0, 0.1) is 0 Å². The Labute approximate surface area is 156 Å². The summed E-state index contributed by atoms with van der Waals surface area (Å²) >= 11 is 1.92. The normalized spacial score (nSPS) is 24.2. The number of thioether (sulfide) groups is 1. The van der Waals surface area contributed by atoms with E-state index in [-0.39, 0.29) is 24.0 Å². The maximum absolute atomic E-state index is 12.2. The molecule has 3 amide bonds. The third kappa shape index (κ3) is 3.77. The summed E-state index contributed by atoms with van der Waals surface area (Å²) in [6, 6.07) is 10.1. The number of anilines is 1. The average Bonchev–Trinajstić information content (AvgIpc) is 3.18. The number of fused-ring (bicyclic) bond motifs is 2. The van der Waals surface area contributed by atoms with Crippen LogP contribution in [0.2, 0.25) is 0 Å². The molecule has 3 N–H and O–H groups in total. The minimum atomic E-state index is -0.0461. The molecule has 6 nitrogen and oxygen atoms in total. The summed E-state index contributed by atoms with van der Waals surface area (Å²) in [5.41, 5.74) is 1.73. The van der Waals surface area contributed by atoms with Crippen molar-refractivity contribution in [2.24, 2.45) is 0 Å². The van der Waals surface area contributed by atoms with Gasteiger partial charge in [0.05, 0.1) is 17.6 Å². The molecule has 1 aromatic carbocycles. The van der Waals surface area contributed by atoms with Gasteiger partial charge in [-0.15, -0.1) is 0 Å². The van der Waals surface area contributed by atoms with Crippen LogP contribution in [0.5, 0.6) is 0 Å². The molecule has 2 aromatic rings. The lowest BCUT2D eigenvalue weighted by atomic mass is 10.0. The van der Waals surface area contributed by atoms with Crippen LogP contribution >= 0.6 is 11.8 Å². The summed E-state index contributed by atoms with van der Waals surface area (Å²) in [4.78, 5) is 27.8. The van der Waals surface area contributed by atoms with Crippen molar-refractivity contribution in [2.75, 3.05) is 11.1 Å². The summed E-state index contributed by atoms with van der Waals surface area (Å²) < 4.78 is 0. The SMILES string of the molecule is O=C(CCCCC1SCC2NC(=O)NC21)Nc1ccc2ncccc2c1. The molecule has 4 rings (SSSR count). The van der Waals surface area contributed by atoms with Crippen molar-refractivity contribution in [3.05, 3.63) is 36.5 Å². The number of urea groups is 1. The second kappa shape index (κ2) is 7.53. The molecule has 0 spiro atoms. The second-order valence-electron chi connectivity index (χ2n) is 6.83. The number of carbonyl (C=O) groups excluding carboxylic acids is 2. The third-order valence-electron chi connectivity index (χ3n) is 4.97. The van der Waals surface area contributed by atoms with Gasteiger partial charge in [-0.05, 0) is 37.1 Å². The molecule has 3 unspecified atom stereocenters. The number of benzene rings is 1. The van der Waals surface area contributed by atoms with E-state index >= 15 is 0 Å². The molecule has 2 aliphatic heterocycles. The topological polar surface area (TPSA) is 83.1 Å². The first-order valence-corrected chi connectivity index (χ1v) is 10.1. The molecule has 3 heterocycles. The molecule has 0 saturated carbocycles. The van der Waals surface area contributed by atoms with E-state index in [1.165, 1.54) is 0 Å². The summed E-state index contributed by atoms with van der Waals surface area (Å²) in [6.45, 7) is 0. The maximum Gasteiger partial charge on any atom is 0.315 e. The van der Waals surface area contributed by atoms with Gasteiger partial charge in [-0.25, -0.2) is 4.79 Å². The van der Waals surface area contributed by atoms with Gasteiger partial charge >= 0.3 is 6.03 Å². The molecule has 7 heteroatoms. The zero-order chi connectivity index (χ0) is 17.9. The molecule has 3 atom stereocenters. The van der Waals surface area contributed by atoms with E-state index in [9.17, 15) is 9.59 Å². The fourth-order valence-corrected chi connectivity index (χ4v) is 5.19. The van der Waals surface area contributed by atoms with E-state index in [4.69, 9.17) is 0 Å². The highest BCUT2D eigenvalue weighted by molar-refractivity contribution is 8.00. The van der Waals surface area contributed by atoms with Crippen molar-refractivity contribution in [1.82, 2.24) is 15.6 Å². The van der Waals surface area contributed by atoms with E-state index in [1.54, 1.807) is 6.20 Å². The van der Waals surface area contributed by atoms with Crippen LogP contribution in [-0.4, -0.2) is 40.0 Å². The summed E-state index contributed by atoms with van der Waals surface area (Å²) in [6.07, 6.45) is 5.16. The Morgan fingerprint density at radius 3 is 3.12 bits per heavy atom. The number of hydrogen-bond acceptors (Lipinski definition) is 4. The second-order valence-corrected chi connectivity index (χ2v) is 8.10. The van der Waals surface area contributed by atoms with Gasteiger partial charge in [-0.3, -0.25) is 9.78 Å². The number of nitrogens with zero attached hydrogens (tertiary/aromatic N) is 1. The smallest absolute Gasteiger partial charge is 0.315 e. The molecule has 1 aromatic heterocycles. The number of nitrogens with one attached hydrogen (secondary N) is 3. The summed E-state index contributed by atoms with van der Waals surface area (Å²) in [5, 5.41) is 10.4. The van der Waals surface area contributed by atoms with Crippen LogP contribution in [0.1, 0.15) is 25.7 Å². The van der Waals surface area contributed by atoms with E-state index in [1.807, 2.05) is 42.1 Å². The van der Waals surface area contributed by atoms with Crippen LogP contribution < -0.4 is 16.0 Å². The van der Waals surface area contributed by atoms with Crippen molar-refractivity contribution in [3.63, 3.8) is 0 Å². The minimum Gasteiger partial charge on any atom is -0.332 e. The number of aromatic nitrogens is 1. The van der Waals surface area contributed by atoms with Gasteiger partial charge in [0.1, 0.15) is 0 Å². The number of rotatable bonds is 6. The molecular formula is C19H22N4O2S. The fraction of sp³-hybridized carbons (Fsp3) is 0.421. The minimum absolute atomic E-state index is 0.0426. The molecular weight excluding hydrogens is 348 g/mol. The van der Waals surface area contributed by atoms with E-state index in [0.29, 0.717) is 11.7 Å². The highest BCUT2D eigenvalue weighted by Gasteiger charge is 2.42. The largest absolute Gasteiger partial charge is 0.332 e. The Kier molecular flexibility index (Phi) is 4.97. The monoisotopic (exact) mass is 370 g/mol. The van der Waals surface area contributed by atoms with Crippen LogP contribution in [0.15, 0.2) is 36.5 Å². The van der Waals surface area contributed by atoms with Crippen LogP contribution in [0.25, 0.3) is 10.9 Å². The number of carbonyl (C=O) groups is 2. The van der Waals surface area contributed by atoms with Crippen molar-refractivity contribution < 1.29 is 9.59 Å². The molecule has 136 valence electrons. The van der Waals surface area contributed by atoms with E-state index in [2.05, 4.69) is 20.9 Å². The fourth-order valence-electron chi connectivity index (χ4n) is 3.65. The van der Waals surface area contributed by atoms with Gasteiger partial charge in [0.25, 0.3) is 0 Å². The maximum atomic E-state index is 12.2. The lowest BCUT2D eigenvalue weighted by molar-refractivity contribution is -0.116. The Balaban J connectivity index is 1.21. The van der Waals surface area contributed by atoms with Crippen molar-refractivity contribution in [3.8, 4) is 0 Å². The zero-order valence-electron chi connectivity index (χ0n) is 14.4. The first-order chi connectivity index (χ1) is 12.7. The number of unbranched alkanes of at least 4 members (excludes halogenated alkanes) is 1. The number of amides is 3. The molecule has 0 radical (unpaired) electrons. The van der Waals surface area contributed by atoms with Crippen molar-refractivity contribution in [2.45, 2.75) is 43.0 Å². The van der Waals surface area contributed by atoms with Crippen LogP contribution in [-0.2, 0) is 4.79 Å². The van der Waals surface area contributed by atoms with Gasteiger partial charge in [0, 0.05) is 34.7 Å². The van der Waals surface area contributed by atoms with Gasteiger partial charge in [-0.1, -0.05) is 12.5 Å². The predicted octanol–water partition coefficient (Wildman–Crippen LogP) is 2.90. The molecule has 2 saturated heterocycles. The first-order valence-electron chi connectivity index (χ1n) is 9.02. The molecule has 0 aliphatic carbocycles. The molecule has 2 aliphatic rings. The van der Waals surface area contributed by atoms with Gasteiger partial charge in [0.15, 0.2) is 0 Å². The van der Waals surface area contributed by atoms with Gasteiger partial charge in [0.2, 0.25) is 5.91 Å². The highest BCUT2D eigenvalue weighted by Crippen LogP contribution is 2.33. The third-order valence-corrected chi connectivity index (χ3v) is 6.48. The summed E-state index contributed by atoms with van der Waals surface area (Å²) in [5.74, 6) is 1.02. The van der Waals surface area contributed by atoms with Gasteiger partial charge in [-0.2, -0.15) is 11.8 Å². The lowest BCUT2D eigenvalue weighted by Gasteiger charge is -2.16. The first kappa shape index (κ1) is 17.1. The Morgan fingerprint density at radius 2 is 2.19 bits per heavy atom.